The molecule has 3 aromatic carbocycles. The van der Waals surface area contributed by atoms with E-state index in [-0.39, 0.29) is 33.7 Å². The van der Waals surface area contributed by atoms with Gasteiger partial charge in [0.15, 0.2) is 5.82 Å². The van der Waals surface area contributed by atoms with Crippen LogP contribution in [0.2, 0.25) is 5.02 Å². The predicted molar refractivity (Wildman–Crippen MR) is 128 cm³/mol. The Balaban J connectivity index is 1.62. The van der Waals surface area contributed by atoms with Crippen molar-refractivity contribution in [3.8, 4) is 16.9 Å². The number of amides is 1. The molecule has 33 heavy (non-hydrogen) atoms. The number of phenolic OH excluding ortho intramolecular Hbond substituents is 1. The van der Waals surface area contributed by atoms with E-state index in [0.717, 1.165) is 16.5 Å². The van der Waals surface area contributed by atoms with Gasteiger partial charge in [0, 0.05) is 30.0 Å². The fourth-order valence-electron chi connectivity index (χ4n) is 4.72. The summed E-state index contributed by atoms with van der Waals surface area (Å²) in [7, 11) is 0. The van der Waals surface area contributed by atoms with E-state index >= 15 is 4.39 Å². The number of carbonyl (C=O) groups is 1. The maximum atomic E-state index is 15.9. The summed E-state index contributed by atoms with van der Waals surface area (Å²) in [6.07, 6.45) is 4.12. The Labute approximate surface area is 195 Å². The molecule has 0 saturated carbocycles. The molecule has 166 valence electrons. The lowest BCUT2D eigenvalue weighted by Gasteiger charge is -2.31. The van der Waals surface area contributed by atoms with Gasteiger partial charge in [-0.25, -0.2) is 14.4 Å². The van der Waals surface area contributed by atoms with Crippen LogP contribution in [0.1, 0.15) is 24.5 Å². The summed E-state index contributed by atoms with van der Waals surface area (Å²) < 4.78 is 15.9. The van der Waals surface area contributed by atoms with Gasteiger partial charge in [-0.2, -0.15) is 0 Å². The molecule has 7 heteroatoms. The molecule has 2 heterocycles. The number of aromatic nitrogens is 2. The van der Waals surface area contributed by atoms with Gasteiger partial charge in [-0.05, 0) is 53.5 Å². The van der Waals surface area contributed by atoms with Crippen LogP contribution >= 0.6 is 11.6 Å². The van der Waals surface area contributed by atoms with Gasteiger partial charge in [0.05, 0.1) is 10.7 Å². The van der Waals surface area contributed by atoms with Crippen molar-refractivity contribution in [1.29, 1.82) is 0 Å². The highest BCUT2D eigenvalue weighted by atomic mass is 35.5. The van der Waals surface area contributed by atoms with Gasteiger partial charge in [0.1, 0.15) is 17.6 Å². The number of benzene rings is 3. The maximum absolute atomic E-state index is 15.9. The average Bonchev–Trinajstić information content (AvgIpc) is 2.83. The fourth-order valence-corrected chi connectivity index (χ4v) is 5.02. The highest BCUT2D eigenvalue weighted by Crippen LogP contribution is 2.42. The summed E-state index contributed by atoms with van der Waals surface area (Å²) in [5, 5.41) is 12.6. The van der Waals surface area contributed by atoms with Crippen molar-refractivity contribution in [3.05, 3.63) is 78.0 Å². The molecule has 1 aliphatic rings. The van der Waals surface area contributed by atoms with Crippen molar-refractivity contribution in [2.75, 3.05) is 13.1 Å². The number of hydrogen-bond donors (Lipinski definition) is 1. The Bertz CT molecular complexity index is 1410. The number of aromatic hydroxyl groups is 1. The van der Waals surface area contributed by atoms with Crippen LogP contribution in [0.4, 0.5) is 4.39 Å². The topological polar surface area (TPSA) is 66.3 Å². The first kappa shape index (κ1) is 21.3. The van der Waals surface area contributed by atoms with Crippen LogP contribution in [-0.2, 0) is 4.79 Å². The van der Waals surface area contributed by atoms with Crippen LogP contribution in [0, 0.1) is 5.82 Å². The molecular weight excluding hydrogens is 441 g/mol. The molecule has 0 atom stereocenters. The lowest BCUT2D eigenvalue weighted by atomic mass is 9.89. The van der Waals surface area contributed by atoms with Crippen LogP contribution < -0.4 is 0 Å². The molecule has 1 aromatic heterocycles. The normalized spacial score (nSPS) is 14.7. The third-order valence-corrected chi connectivity index (χ3v) is 6.63. The third-order valence-electron chi connectivity index (χ3n) is 6.34. The molecule has 5 rings (SSSR count). The van der Waals surface area contributed by atoms with Crippen LogP contribution in [0.25, 0.3) is 32.8 Å². The third kappa shape index (κ3) is 3.70. The monoisotopic (exact) mass is 461 g/mol. The number of halogens is 2. The lowest BCUT2D eigenvalue weighted by Crippen LogP contribution is -2.37. The van der Waals surface area contributed by atoms with E-state index in [1.165, 1.54) is 18.5 Å². The molecule has 0 spiro atoms. The van der Waals surface area contributed by atoms with Crippen molar-refractivity contribution in [2.45, 2.75) is 18.8 Å². The van der Waals surface area contributed by atoms with E-state index < -0.39 is 5.82 Å². The first-order chi connectivity index (χ1) is 16.0. The zero-order valence-corrected chi connectivity index (χ0v) is 18.5. The smallest absolute Gasteiger partial charge is 0.245 e. The van der Waals surface area contributed by atoms with Gasteiger partial charge in [-0.15, -0.1) is 0 Å². The van der Waals surface area contributed by atoms with Gasteiger partial charge < -0.3 is 10.0 Å². The number of rotatable bonds is 3. The van der Waals surface area contributed by atoms with Crippen molar-refractivity contribution in [2.24, 2.45) is 0 Å². The Morgan fingerprint density at radius 2 is 1.91 bits per heavy atom. The minimum absolute atomic E-state index is 0.0310. The second-order valence-corrected chi connectivity index (χ2v) is 8.63. The highest BCUT2D eigenvalue weighted by Gasteiger charge is 2.27. The minimum atomic E-state index is -0.545. The van der Waals surface area contributed by atoms with E-state index in [4.69, 9.17) is 11.6 Å². The van der Waals surface area contributed by atoms with Gasteiger partial charge in [0.25, 0.3) is 0 Å². The van der Waals surface area contributed by atoms with E-state index in [2.05, 4.69) is 16.5 Å². The van der Waals surface area contributed by atoms with Crippen LogP contribution in [-0.4, -0.2) is 39.0 Å². The van der Waals surface area contributed by atoms with E-state index in [0.29, 0.717) is 36.9 Å². The summed E-state index contributed by atoms with van der Waals surface area (Å²) in [5.41, 5.74) is 1.63. The van der Waals surface area contributed by atoms with Crippen LogP contribution in [0.5, 0.6) is 5.75 Å². The predicted octanol–water partition coefficient (Wildman–Crippen LogP) is 5.84. The molecule has 1 fully saturated rings. The number of likely N-dealkylation sites (tertiary alicyclic amines) is 1. The summed E-state index contributed by atoms with van der Waals surface area (Å²) in [6, 6.07) is 12.3. The summed E-state index contributed by atoms with van der Waals surface area (Å²) in [5.74, 6) is -0.537. The summed E-state index contributed by atoms with van der Waals surface area (Å²) >= 11 is 6.65. The maximum Gasteiger partial charge on any atom is 0.245 e. The van der Waals surface area contributed by atoms with E-state index in [9.17, 15) is 9.90 Å². The molecule has 1 saturated heterocycles. The van der Waals surface area contributed by atoms with Gasteiger partial charge in [-0.1, -0.05) is 42.4 Å². The Hall–Kier alpha value is -3.51. The van der Waals surface area contributed by atoms with Gasteiger partial charge in [-0.3, -0.25) is 4.79 Å². The van der Waals surface area contributed by atoms with E-state index in [1.54, 1.807) is 17.0 Å². The zero-order valence-electron chi connectivity index (χ0n) is 17.8. The lowest BCUT2D eigenvalue weighted by molar-refractivity contribution is -0.127. The molecule has 0 bridgehead atoms. The Morgan fingerprint density at radius 1 is 1.15 bits per heavy atom. The molecule has 1 N–H and O–H groups in total. The van der Waals surface area contributed by atoms with Gasteiger partial charge >= 0.3 is 0 Å². The van der Waals surface area contributed by atoms with Gasteiger partial charge in [0.2, 0.25) is 5.91 Å². The molecule has 1 amide bonds. The second-order valence-electron chi connectivity index (χ2n) is 8.22. The number of phenols is 1. The summed E-state index contributed by atoms with van der Waals surface area (Å²) in [4.78, 5) is 22.4. The van der Waals surface area contributed by atoms with Crippen LogP contribution in [0.15, 0.2) is 61.4 Å². The van der Waals surface area contributed by atoms with E-state index in [1.807, 2.05) is 24.3 Å². The highest BCUT2D eigenvalue weighted by molar-refractivity contribution is 6.34. The van der Waals surface area contributed by atoms with Crippen molar-refractivity contribution < 1.29 is 14.3 Å². The molecule has 0 aliphatic carbocycles. The number of carbonyl (C=O) groups excluding carboxylic acids is 1. The van der Waals surface area contributed by atoms with Crippen LogP contribution in [0.3, 0.4) is 0 Å². The Kier molecular flexibility index (Phi) is 5.46. The molecule has 1 aliphatic heterocycles. The molecule has 4 aromatic rings. The Morgan fingerprint density at radius 3 is 2.67 bits per heavy atom. The zero-order chi connectivity index (χ0) is 23.1. The fraction of sp³-hybridized carbons (Fsp3) is 0.192. The van der Waals surface area contributed by atoms with Crippen molar-refractivity contribution in [3.63, 3.8) is 0 Å². The number of nitrogens with zero attached hydrogens (tertiary/aromatic N) is 3. The number of fused-ring (bicyclic) bond motifs is 2. The number of hydrogen-bond acceptors (Lipinski definition) is 4. The molecule has 0 radical (unpaired) electrons. The molecular formula is C26H21ClFN3O2. The van der Waals surface area contributed by atoms with Crippen molar-refractivity contribution in [1.82, 2.24) is 14.9 Å². The first-order valence-electron chi connectivity index (χ1n) is 10.7. The SMILES string of the molecule is C=CC(=O)N1CCC(c2ncnc3c(F)c(-c4cc(O)cc5ccccc45)c(Cl)cc23)CC1. The standard InChI is InChI=1S/C26H21ClFN3O2/c1-2-22(33)31-9-7-15(8-10-31)25-20-13-21(27)23(24(28)26(20)30-14-29-25)19-12-17(32)11-16-5-3-4-6-18(16)19/h2-6,11-15,32H,1,7-10H2. The molecule has 0 unspecified atom stereocenters. The molecule has 5 nitrogen and oxygen atoms in total. The quantitative estimate of drug-likeness (QED) is 0.389. The minimum Gasteiger partial charge on any atom is -0.508 e. The average molecular weight is 462 g/mol. The first-order valence-corrected chi connectivity index (χ1v) is 11.1. The second kappa shape index (κ2) is 8.45. The number of piperidine rings is 1. The summed E-state index contributed by atoms with van der Waals surface area (Å²) in [6.45, 7) is 4.72. The van der Waals surface area contributed by atoms with Crippen molar-refractivity contribution >= 4 is 39.2 Å². The largest absolute Gasteiger partial charge is 0.508 e.